The maximum Gasteiger partial charge on any atom is 0.295 e. The van der Waals surface area contributed by atoms with Gasteiger partial charge in [-0.25, -0.2) is 4.39 Å². The van der Waals surface area contributed by atoms with Gasteiger partial charge in [0.25, 0.3) is 17.6 Å². The van der Waals surface area contributed by atoms with E-state index in [1.807, 2.05) is 0 Å². The second kappa shape index (κ2) is 8.13. The first-order chi connectivity index (χ1) is 15.9. The van der Waals surface area contributed by atoms with Crippen LogP contribution in [-0.2, 0) is 4.79 Å². The lowest BCUT2D eigenvalue weighted by Gasteiger charge is -2.33. The molecule has 0 saturated carbocycles. The van der Waals surface area contributed by atoms with E-state index in [2.05, 4.69) is 25.6 Å². The highest BCUT2D eigenvalue weighted by molar-refractivity contribution is 6.45. The van der Waals surface area contributed by atoms with Crippen LogP contribution in [0.15, 0.2) is 34.9 Å². The number of carbonyl (C=O) groups excluding carboxylic acids is 3. The lowest BCUT2D eigenvalue weighted by molar-refractivity contribution is -0.127. The molecule has 0 radical (unpaired) electrons. The van der Waals surface area contributed by atoms with Crippen LogP contribution in [0.3, 0.4) is 0 Å². The van der Waals surface area contributed by atoms with Gasteiger partial charge in [0.2, 0.25) is 5.82 Å². The van der Waals surface area contributed by atoms with Gasteiger partial charge in [-0.3, -0.25) is 14.4 Å². The molecule has 33 heavy (non-hydrogen) atoms. The molecular weight excluding hydrogens is 457 g/mol. The summed E-state index contributed by atoms with van der Waals surface area (Å²) in [6, 6.07) is 5.57. The lowest BCUT2D eigenvalue weighted by atomic mass is 10.0. The number of ketones is 1. The standard InChI is InChI=1S/C20H15ClFN7O4/c21-14-4-3-13(33-14)19(31)28-5-7-29(8-6-28)20(32)17(30)11-9-23-16-10(18-24-26-27-25-18)1-2-12(22)15(11)16/h1-4,9,23H,5-8H2,(H,24,25,26,27). The summed E-state index contributed by atoms with van der Waals surface area (Å²) in [6.45, 7) is 0.703. The van der Waals surface area contributed by atoms with Crippen molar-refractivity contribution in [2.24, 2.45) is 0 Å². The first kappa shape index (κ1) is 20.8. The topological polar surface area (TPSA) is 141 Å². The molecule has 1 saturated heterocycles. The van der Waals surface area contributed by atoms with Crippen LogP contribution in [-0.4, -0.2) is 79.2 Å². The summed E-state index contributed by atoms with van der Waals surface area (Å²) in [4.78, 5) is 44.0. The van der Waals surface area contributed by atoms with Crippen molar-refractivity contribution in [1.82, 2.24) is 35.4 Å². The number of hydrogen-bond acceptors (Lipinski definition) is 7. The largest absolute Gasteiger partial charge is 0.440 e. The van der Waals surface area contributed by atoms with Gasteiger partial charge in [-0.2, -0.15) is 5.21 Å². The van der Waals surface area contributed by atoms with Crippen LogP contribution in [0, 0.1) is 5.82 Å². The van der Waals surface area contributed by atoms with Gasteiger partial charge in [0.1, 0.15) is 5.82 Å². The molecule has 3 aromatic heterocycles. The molecule has 1 aliphatic rings. The number of tetrazole rings is 1. The number of nitrogens with zero attached hydrogens (tertiary/aromatic N) is 5. The Morgan fingerprint density at radius 3 is 2.48 bits per heavy atom. The third-order valence-electron chi connectivity index (χ3n) is 5.45. The maximum absolute atomic E-state index is 14.6. The zero-order chi connectivity index (χ0) is 23.1. The van der Waals surface area contributed by atoms with Gasteiger partial charge >= 0.3 is 0 Å². The maximum atomic E-state index is 14.6. The average Bonchev–Trinajstić information content (AvgIpc) is 3.59. The number of carbonyl (C=O) groups is 3. The molecule has 5 rings (SSSR count). The summed E-state index contributed by atoms with van der Waals surface area (Å²) >= 11 is 5.71. The SMILES string of the molecule is O=C(C(=O)N1CCN(C(=O)c2ccc(Cl)o2)CC1)c1c[nH]c2c(-c3nn[nH]n3)ccc(F)c12. The second-order valence-electron chi connectivity index (χ2n) is 7.30. The van der Waals surface area contributed by atoms with E-state index in [-0.39, 0.29) is 65.4 Å². The Labute approximate surface area is 189 Å². The Hall–Kier alpha value is -4.06. The zero-order valence-electron chi connectivity index (χ0n) is 16.8. The van der Waals surface area contributed by atoms with E-state index in [1.54, 1.807) is 0 Å². The van der Waals surface area contributed by atoms with Crippen LogP contribution < -0.4 is 0 Å². The molecule has 0 unspecified atom stereocenters. The van der Waals surface area contributed by atoms with Crippen molar-refractivity contribution in [3.05, 3.63) is 52.8 Å². The monoisotopic (exact) mass is 471 g/mol. The Morgan fingerprint density at radius 2 is 1.82 bits per heavy atom. The molecule has 1 fully saturated rings. The van der Waals surface area contributed by atoms with Crippen LogP contribution in [0.25, 0.3) is 22.3 Å². The Kier molecular flexibility index (Phi) is 5.13. The van der Waals surface area contributed by atoms with Gasteiger partial charge in [-0.1, -0.05) is 0 Å². The van der Waals surface area contributed by atoms with Crippen molar-refractivity contribution in [3.8, 4) is 11.4 Å². The number of halogens is 2. The van der Waals surface area contributed by atoms with Crippen LogP contribution in [0.5, 0.6) is 0 Å². The Balaban J connectivity index is 1.34. The number of benzene rings is 1. The first-order valence-corrected chi connectivity index (χ1v) is 10.2. The van der Waals surface area contributed by atoms with Crippen LogP contribution in [0.1, 0.15) is 20.9 Å². The number of nitrogens with one attached hydrogen (secondary N) is 2. The van der Waals surface area contributed by atoms with E-state index >= 15 is 0 Å². The van der Waals surface area contributed by atoms with Crippen molar-refractivity contribution in [3.63, 3.8) is 0 Å². The number of amides is 2. The van der Waals surface area contributed by atoms with E-state index in [0.29, 0.717) is 5.56 Å². The summed E-state index contributed by atoms with van der Waals surface area (Å²) in [6.07, 6.45) is 1.29. The molecule has 0 spiro atoms. The highest BCUT2D eigenvalue weighted by Gasteiger charge is 2.31. The van der Waals surface area contributed by atoms with Gasteiger partial charge in [0.05, 0.1) is 11.1 Å². The van der Waals surface area contributed by atoms with Gasteiger partial charge in [0, 0.05) is 43.3 Å². The molecule has 11 nitrogen and oxygen atoms in total. The molecule has 168 valence electrons. The van der Waals surface area contributed by atoms with Gasteiger partial charge in [-0.05, 0) is 41.1 Å². The van der Waals surface area contributed by atoms with Gasteiger partial charge < -0.3 is 19.2 Å². The molecule has 0 atom stereocenters. The number of fused-ring (bicyclic) bond motifs is 1. The van der Waals surface area contributed by atoms with E-state index < -0.39 is 17.5 Å². The summed E-state index contributed by atoms with van der Waals surface area (Å²) in [7, 11) is 0. The van der Waals surface area contributed by atoms with Crippen molar-refractivity contribution in [2.75, 3.05) is 26.2 Å². The summed E-state index contributed by atoms with van der Waals surface area (Å²) < 4.78 is 19.8. The fraction of sp³-hybridized carbons (Fsp3) is 0.200. The van der Waals surface area contributed by atoms with Crippen molar-refractivity contribution in [1.29, 1.82) is 0 Å². The fourth-order valence-corrected chi connectivity index (χ4v) is 3.95. The summed E-state index contributed by atoms with van der Waals surface area (Å²) in [5.74, 6) is -2.35. The molecule has 4 aromatic rings. The quantitative estimate of drug-likeness (QED) is 0.342. The van der Waals surface area contributed by atoms with Crippen LogP contribution in [0.2, 0.25) is 5.22 Å². The van der Waals surface area contributed by atoms with Gasteiger partial charge in [0.15, 0.2) is 11.0 Å². The molecular formula is C20H15ClFN7O4. The molecule has 4 heterocycles. The molecule has 13 heteroatoms. The minimum absolute atomic E-state index is 0.0286. The third kappa shape index (κ3) is 3.63. The Morgan fingerprint density at radius 1 is 1.06 bits per heavy atom. The number of aromatic nitrogens is 5. The fourth-order valence-electron chi connectivity index (χ4n) is 3.80. The van der Waals surface area contributed by atoms with E-state index in [0.717, 1.165) is 0 Å². The number of hydrogen-bond donors (Lipinski definition) is 2. The number of piperazine rings is 1. The Bertz CT molecular complexity index is 1370. The molecule has 2 N–H and O–H groups in total. The minimum atomic E-state index is -0.858. The molecule has 2 amide bonds. The van der Waals surface area contributed by atoms with E-state index in [9.17, 15) is 18.8 Å². The third-order valence-corrected chi connectivity index (χ3v) is 5.65. The number of Topliss-reactive ketones (excluding diaryl/α,β-unsaturated/α-hetero) is 1. The first-order valence-electron chi connectivity index (χ1n) is 9.85. The zero-order valence-corrected chi connectivity index (χ0v) is 17.6. The number of rotatable bonds is 4. The summed E-state index contributed by atoms with van der Waals surface area (Å²) in [5.41, 5.74) is 0.610. The highest BCUT2D eigenvalue weighted by Crippen LogP contribution is 2.30. The predicted octanol–water partition coefficient (Wildman–Crippen LogP) is 1.90. The van der Waals surface area contributed by atoms with Gasteiger partial charge in [-0.15, -0.1) is 10.2 Å². The van der Waals surface area contributed by atoms with Crippen molar-refractivity contribution >= 4 is 40.1 Å². The normalized spacial score (nSPS) is 14.1. The molecule has 0 bridgehead atoms. The predicted molar refractivity (Wildman–Crippen MR) is 112 cm³/mol. The van der Waals surface area contributed by atoms with E-state index in [1.165, 1.54) is 40.3 Å². The van der Waals surface area contributed by atoms with Crippen LogP contribution in [0.4, 0.5) is 4.39 Å². The average molecular weight is 472 g/mol. The number of furan rings is 1. The number of aromatic amines is 2. The smallest absolute Gasteiger partial charge is 0.295 e. The molecule has 1 aromatic carbocycles. The van der Waals surface area contributed by atoms with Crippen molar-refractivity contribution in [2.45, 2.75) is 0 Å². The molecule has 1 aliphatic heterocycles. The number of H-pyrrole nitrogens is 2. The van der Waals surface area contributed by atoms with Crippen LogP contribution >= 0.6 is 11.6 Å². The lowest BCUT2D eigenvalue weighted by Crippen LogP contribution is -2.52. The highest BCUT2D eigenvalue weighted by atomic mass is 35.5. The van der Waals surface area contributed by atoms with E-state index in [4.69, 9.17) is 16.0 Å². The molecule has 0 aliphatic carbocycles. The van der Waals surface area contributed by atoms with Crippen molar-refractivity contribution < 1.29 is 23.2 Å². The second-order valence-corrected chi connectivity index (χ2v) is 7.67. The minimum Gasteiger partial charge on any atom is -0.440 e. The summed E-state index contributed by atoms with van der Waals surface area (Å²) in [5, 5.41) is 13.6.